The number of anilines is 1. The second kappa shape index (κ2) is 5.88. The zero-order valence-corrected chi connectivity index (χ0v) is 13.5. The molecule has 0 amide bonds. The molecule has 2 heteroatoms. The van der Waals surface area contributed by atoms with Crippen LogP contribution in [0.3, 0.4) is 0 Å². The highest BCUT2D eigenvalue weighted by Crippen LogP contribution is 2.35. The molecule has 0 heterocycles. The van der Waals surface area contributed by atoms with Gasteiger partial charge in [0.15, 0.2) is 0 Å². The summed E-state index contributed by atoms with van der Waals surface area (Å²) >= 11 is 0. The number of hydrogen-bond acceptors (Lipinski definition) is 1. The van der Waals surface area contributed by atoms with E-state index in [0.717, 1.165) is 11.1 Å². The van der Waals surface area contributed by atoms with Gasteiger partial charge in [0.2, 0.25) is 0 Å². The third-order valence-corrected chi connectivity index (χ3v) is 4.01. The Balaban J connectivity index is 2.66. The Labute approximate surface area is 127 Å². The summed E-state index contributed by atoms with van der Waals surface area (Å²) in [5, 5.41) is 0. The van der Waals surface area contributed by atoms with Crippen molar-refractivity contribution in [3.63, 3.8) is 0 Å². The first-order chi connectivity index (χ1) is 9.81. The van der Waals surface area contributed by atoms with Crippen LogP contribution in [-0.4, -0.2) is 0 Å². The standard InChI is InChI=1S/C19H24FN/c1-11(2)14-6-7-15(16(9-14)12(3)4)17-10-19(21)13(5)8-18(17)20/h6-12H,21H2,1-5H3. The van der Waals surface area contributed by atoms with Gasteiger partial charge < -0.3 is 5.73 Å². The normalized spacial score (nSPS) is 11.4. The van der Waals surface area contributed by atoms with Crippen LogP contribution in [0.4, 0.5) is 10.1 Å². The number of aryl methyl sites for hydroxylation is 1. The van der Waals surface area contributed by atoms with Crippen LogP contribution < -0.4 is 5.73 Å². The average Bonchev–Trinajstić information content (AvgIpc) is 2.42. The highest BCUT2D eigenvalue weighted by atomic mass is 19.1. The molecule has 0 spiro atoms. The molecule has 0 aliphatic heterocycles. The molecule has 21 heavy (non-hydrogen) atoms. The molecule has 0 fully saturated rings. The highest BCUT2D eigenvalue weighted by Gasteiger charge is 2.15. The predicted molar refractivity (Wildman–Crippen MR) is 89.2 cm³/mol. The van der Waals surface area contributed by atoms with Crippen LogP contribution in [0.1, 0.15) is 56.2 Å². The van der Waals surface area contributed by atoms with Crippen molar-refractivity contribution in [2.24, 2.45) is 0 Å². The van der Waals surface area contributed by atoms with Crippen LogP contribution in [-0.2, 0) is 0 Å². The lowest BCUT2D eigenvalue weighted by Crippen LogP contribution is -2.00. The predicted octanol–water partition coefficient (Wildman–Crippen LogP) is 5.63. The molecule has 0 aliphatic carbocycles. The first kappa shape index (κ1) is 15.6. The summed E-state index contributed by atoms with van der Waals surface area (Å²) in [4.78, 5) is 0. The lowest BCUT2D eigenvalue weighted by molar-refractivity contribution is 0.630. The van der Waals surface area contributed by atoms with Gasteiger partial charge in [0.1, 0.15) is 5.82 Å². The molecule has 0 bridgehead atoms. The molecule has 112 valence electrons. The lowest BCUT2D eigenvalue weighted by Gasteiger charge is -2.18. The summed E-state index contributed by atoms with van der Waals surface area (Å²) in [5.74, 6) is 0.589. The zero-order chi connectivity index (χ0) is 15.7. The Morgan fingerprint density at radius 3 is 2.14 bits per heavy atom. The van der Waals surface area contributed by atoms with Crippen LogP contribution in [0.25, 0.3) is 11.1 Å². The fourth-order valence-electron chi connectivity index (χ4n) is 2.56. The SMILES string of the molecule is Cc1cc(F)c(-c2ccc(C(C)C)cc2C(C)C)cc1N. The molecule has 2 rings (SSSR count). The number of hydrogen-bond donors (Lipinski definition) is 1. The second-order valence-electron chi connectivity index (χ2n) is 6.34. The van der Waals surface area contributed by atoms with Crippen molar-refractivity contribution in [1.82, 2.24) is 0 Å². The molecule has 0 unspecified atom stereocenters. The van der Waals surface area contributed by atoms with Crippen LogP contribution in [0, 0.1) is 12.7 Å². The molecule has 0 aliphatic rings. The number of halogens is 1. The molecule has 2 N–H and O–H groups in total. The largest absolute Gasteiger partial charge is 0.398 e. The summed E-state index contributed by atoms with van der Waals surface area (Å²) in [7, 11) is 0. The maximum absolute atomic E-state index is 14.4. The van der Waals surface area contributed by atoms with Crippen molar-refractivity contribution in [1.29, 1.82) is 0 Å². The Morgan fingerprint density at radius 1 is 0.905 bits per heavy atom. The van der Waals surface area contributed by atoms with Crippen molar-refractivity contribution in [3.8, 4) is 11.1 Å². The van der Waals surface area contributed by atoms with E-state index in [0.29, 0.717) is 23.1 Å². The van der Waals surface area contributed by atoms with Gasteiger partial charge in [0, 0.05) is 11.3 Å². The number of benzene rings is 2. The zero-order valence-electron chi connectivity index (χ0n) is 13.5. The third-order valence-electron chi connectivity index (χ3n) is 4.01. The number of nitrogen functional groups attached to an aromatic ring is 1. The van der Waals surface area contributed by atoms with Crippen molar-refractivity contribution in [2.45, 2.75) is 46.5 Å². The minimum atomic E-state index is -0.208. The number of rotatable bonds is 3. The minimum Gasteiger partial charge on any atom is -0.398 e. The summed E-state index contributed by atoms with van der Waals surface area (Å²) in [6, 6.07) is 9.57. The van der Waals surface area contributed by atoms with E-state index in [-0.39, 0.29) is 5.82 Å². The molecule has 2 aromatic rings. The molecule has 0 aromatic heterocycles. The van der Waals surface area contributed by atoms with Crippen LogP contribution in [0.15, 0.2) is 30.3 Å². The number of nitrogens with two attached hydrogens (primary N) is 1. The molecule has 2 aromatic carbocycles. The first-order valence-corrected chi connectivity index (χ1v) is 7.51. The van der Waals surface area contributed by atoms with E-state index >= 15 is 0 Å². The van der Waals surface area contributed by atoms with E-state index in [4.69, 9.17) is 5.73 Å². The molecule has 0 saturated heterocycles. The molecule has 0 atom stereocenters. The van der Waals surface area contributed by atoms with Gasteiger partial charge in [-0.05, 0) is 53.1 Å². The average molecular weight is 285 g/mol. The van der Waals surface area contributed by atoms with Crippen molar-refractivity contribution < 1.29 is 4.39 Å². The van der Waals surface area contributed by atoms with Gasteiger partial charge in [-0.3, -0.25) is 0 Å². The van der Waals surface area contributed by atoms with E-state index in [1.54, 1.807) is 6.07 Å². The van der Waals surface area contributed by atoms with Crippen molar-refractivity contribution in [3.05, 3.63) is 52.8 Å². The third kappa shape index (κ3) is 3.10. The van der Waals surface area contributed by atoms with Crippen LogP contribution in [0.5, 0.6) is 0 Å². The monoisotopic (exact) mass is 285 g/mol. The van der Waals surface area contributed by atoms with Gasteiger partial charge in [-0.2, -0.15) is 0 Å². The maximum atomic E-state index is 14.4. The Morgan fingerprint density at radius 2 is 1.57 bits per heavy atom. The topological polar surface area (TPSA) is 26.0 Å². The van der Waals surface area contributed by atoms with Gasteiger partial charge in [0.25, 0.3) is 0 Å². The van der Waals surface area contributed by atoms with E-state index in [1.807, 2.05) is 13.0 Å². The molecular formula is C19H24FN. The lowest BCUT2D eigenvalue weighted by atomic mass is 9.88. The summed E-state index contributed by atoms with van der Waals surface area (Å²) < 4.78 is 14.4. The van der Waals surface area contributed by atoms with Gasteiger partial charge in [0.05, 0.1) is 0 Å². The molecule has 0 radical (unpaired) electrons. The molecule has 0 saturated carbocycles. The smallest absolute Gasteiger partial charge is 0.131 e. The molecule has 1 nitrogen and oxygen atoms in total. The Kier molecular flexibility index (Phi) is 4.36. The van der Waals surface area contributed by atoms with Crippen LogP contribution >= 0.6 is 0 Å². The maximum Gasteiger partial charge on any atom is 0.131 e. The fourth-order valence-corrected chi connectivity index (χ4v) is 2.56. The van der Waals surface area contributed by atoms with Gasteiger partial charge >= 0.3 is 0 Å². The Bertz CT molecular complexity index is 657. The quantitative estimate of drug-likeness (QED) is 0.727. The summed E-state index contributed by atoms with van der Waals surface area (Å²) in [5.41, 5.74) is 11.4. The minimum absolute atomic E-state index is 0.208. The fraction of sp³-hybridized carbons (Fsp3) is 0.368. The van der Waals surface area contributed by atoms with Gasteiger partial charge in [-0.1, -0.05) is 45.9 Å². The van der Waals surface area contributed by atoms with Gasteiger partial charge in [-0.15, -0.1) is 0 Å². The van der Waals surface area contributed by atoms with Crippen molar-refractivity contribution >= 4 is 5.69 Å². The Hall–Kier alpha value is -1.83. The second-order valence-corrected chi connectivity index (χ2v) is 6.34. The van der Waals surface area contributed by atoms with Crippen LogP contribution in [0.2, 0.25) is 0 Å². The van der Waals surface area contributed by atoms with E-state index in [2.05, 4.69) is 39.8 Å². The van der Waals surface area contributed by atoms with Crippen molar-refractivity contribution in [2.75, 3.05) is 5.73 Å². The van der Waals surface area contributed by atoms with E-state index in [1.165, 1.54) is 17.2 Å². The molecular weight excluding hydrogens is 261 g/mol. The van der Waals surface area contributed by atoms with E-state index in [9.17, 15) is 4.39 Å². The first-order valence-electron chi connectivity index (χ1n) is 7.51. The summed E-state index contributed by atoms with van der Waals surface area (Å²) in [6.45, 7) is 10.4. The highest BCUT2D eigenvalue weighted by molar-refractivity contribution is 5.73. The van der Waals surface area contributed by atoms with E-state index < -0.39 is 0 Å². The van der Waals surface area contributed by atoms with Gasteiger partial charge in [-0.25, -0.2) is 4.39 Å². The summed E-state index contributed by atoms with van der Waals surface area (Å²) in [6.07, 6.45) is 0.